The number of carboxylic acid groups (broad SMARTS) is 1. The summed E-state index contributed by atoms with van der Waals surface area (Å²) in [6.45, 7) is 0. The standard InChI is InChI=1S/C14H16O3/c15-12-8-4-5-9-14(12,10-13(16)17)11-6-2-1-3-7-11/h1-3,6-7H,4-5,8-10H2,(H,16,17). The van der Waals surface area contributed by atoms with Crippen molar-refractivity contribution in [1.29, 1.82) is 0 Å². The molecule has 0 aromatic heterocycles. The summed E-state index contributed by atoms with van der Waals surface area (Å²) in [5.41, 5.74) is 0.0674. The molecule has 1 atom stereocenters. The van der Waals surface area contributed by atoms with Crippen LogP contribution in [0, 0.1) is 0 Å². The van der Waals surface area contributed by atoms with Crippen LogP contribution in [-0.4, -0.2) is 16.9 Å². The summed E-state index contributed by atoms with van der Waals surface area (Å²) in [6.07, 6.45) is 2.88. The first-order chi connectivity index (χ1) is 8.15. The first kappa shape index (κ1) is 11.8. The molecule has 2 rings (SSSR count). The van der Waals surface area contributed by atoms with E-state index in [9.17, 15) is 9.59 Å². The van der Waals surface area contributed by atoms with Crippen LogP contribution in [0.25, 0.3) is 0 Å². The Morgan fingerprint density at radius 1 is 1.24 bits per heavy atom. The minimum Gasteiger partial charge on any atom is -0.481 e. The van der Waals surface area contributed by atoms with Crippen molar-refractivity contribution >= 4 is 11.8 Å². The summed E-state index contributed by atoms with van der Waals surface area (Å²) in [7, 11) is 0. The molecule has 1 aliphatic rings. The van der Waals surface area contributed by atoms with Crippen molar-refractivity contribution in [3.63, 3.8) is 0 Å². The predicted octanol–water partition coefficient (Wildman–Crippen LogP) is 2.54. The van der Waals surface area contributed by atoms with Gasteiger partial charge in [-0.2, -0.15) is 0 Å². The Bertz CT molecular complexity index is 424. The lowest BCUT2D eigenvalue weighted by molar-refractivity contribution is -0.142. The fourth-order valence-electron chi connectivity index (χ4n) is 2.70. The Hall–Kier alpha value is -1.64. The Labute approximate surface area is 100 Å². The lowest BCUT2D eigenvalue weighted by atomic mass is 9.66. The minimum absolute atomic E-state index is 0.0809. The van der Waals surface area contributed by atoms with E-state index in [1.165, 1.54) is 0 Å². The summed E-state index contributed by atoms with van der Waals surface area (Å²) in [5, 5.41) is 9.06. The number of ketones is 1. The summed E-state index contributed by atoms with van der Waals surface area (Å²) in [6, 6.07) is 9.34. The van der Waals surface area contributed by atoms with Crippen LogP contribution in [0.3, 0.4) is 0 Å². The molecule has 0 spiro atoms. The van der Waals surface area contributed by atoms with Gasteiger partial charge in [-0.05, 0) is 18.4 Å². The fraction of sp³-hybridized carbons (Fsp3) is 0.429. The zero-order chi connectivity index (χ0) is 12.3. The summed E-state index contributed by atoms with van der Waals surface area (Å²) in [4.78, 5) is 23.2. The number of rotatable bonds is 3. The van der Waals surface area contributed by atoms with E-state index >= 15 is 0 Å². The highest BCUT2D eigenvalue weighted by atomic mass is 16.4. The molecule has 1 unspecified atom stereocenters. The van der Waals surface area contributed by atoms with E-state index in [2.05, 4.69) is 0 Å². The molecule has 3 heteroatoms. The van der Waals surface area contributed by atoms with Gasteiger partial charge < -0.3 is 5.11 Å². The van der Waals surface area contributed by atoms with Crippen LogP contribution in [0.1, 0.15) is 37.7 Å². The molecule has 0 saturated heterocycles. The summed E-state index contributed by atoms with van der Waals surface area (Å²) >= 11 is 0. The van der Waals surface area contributed by atoms with E-state index < -0.39 is 11.4 Å². The van der Waals surface area contributed by atoms with Crippen molar-refractivity contribution in [3.8, 4) is 0 Å². The maximum absolute atomic E-state index is 12.2. The molecule has 0 heterocycles. The van der Waals surface area contributed by atoms with Crippen LogP contribution in [0.2, 0.25) is 0 Å². The van der Waals surface area contributed by atoms with Crippen molar-refractivity contribution in [2.75, 3.05) is 0 Å². The molecule has 1 fully saturated rings. The smallest absolute Gasteiger partial charge is 0.304 e. The Morgan fingerprint density at radius 2 is 1.94 bits per heavy atom. The van der Waals surface area contributed by atoms with Gasteiger partial charge in [-0.25, -0.2) is 0 Å². The van der Waals surface area contributed by atoms with Crippen LogP contribution in [0.4, 0.5) is 0 Å². The highest BCUT2D eigenvalue weighted by Crippen LogP contribution is 2.39. The fourth-order valence-corrected chi connectivity index (χ4v) is 2.70. The maximum atomic E-state index is 12.2. The molecular weight excluding hydrogens is 216 g/mol. The van der Waals surface area contributed by atoms with Crippen LogP contribution in [0.5, 0.6) is 0 Å². The molecule has 1 N–H and O–H groups in total. The molecule has 0 radical (unpaired) electrons. The maximum Gasteiger partial charge on any atom is 0.304 e. The Balaban J connectivity index is 2.42. The van der Waals surface area contributed by atoms with Crippen molar-refractivity contribution < 1.29 is 14.7 Å². The molecule has 17 heavy (non-hydrogen) atoms. The lowest BCUT2D eigenvalue weighted by Crippen LogP contribution is -2.40. The second kappa shape index (κ2) is 4.70. The second-order valence-electron chi connectivity index (χ2n) is 4.65. The van der Waals surface area contributed by atoms with Gasteiger partial charge in [0.2, 0.25) is 0 Å². The van der Waals surface area contributed by atoms with Gasteiger partial charge in [-0.1, -0.05) is 36.8 Å². The number of hydrogen-bond donors (Lipinski definition) is 1. The van der Waals surface area contributed by atoms with Crippen molar-refractivity contribution in [3.05, 3.63) is 35.9 Å². The zero-order valence-electron chi connectivity index (χ0n) is 9.69. The van der Waals surface area contributed by atoms with Crippen LogP contribution in [0.15, 0.2) is 30.3 Å². The monoisotopic (exact) mass is 232 g/mol. The number of carbonyl (C=O) groups excluding carboxylic acids is 1. The van der Waals surface area contributed by atoms with Crippen molar-refractivity contribution in [2.45, 2.75) is 37.5 Å². The topological polar surface area (TPSA) is 54.4 Å². The third-order valence-electron chi connectivity index (χ3n) is 3.57. The number of carboxylic acids is 1. The van der Waals surface area contributed by atoms with Gasteiger partial charge in [-0.15, -0.1) is 0 Å². The van der Waals surface area contributed by atoms with Crippen LogP contribution < -0.4 is 0 Å². The number of aliphatic carboxylic acids is 1. The Kier molecular flexibility index (Phi) is 3.27. The normalized spacial score (nSPS) is 24.6. The summed E-state index contributed by atoms with van der Waals surface area (Å²) < 4.78 is 0. The molecule has 3 nitrogen and oxygen atoms in total. The third kappa shape index (κ3) is 2.23. The molecule has 90 valence electrons. The molecule has 0 aliphatic heterocycles. The molecule has 1 aromatic rings. The summed E-state index contributed by atoms with van der Waals surface area (Å²) in [5.74, 6) is -0.818. The second-order valence-corrected chi connectivity index (χ2v) is 4.65. The van der Waals surface area contributed by atoms with Crippen molar-refractivity contribution in [2.24, 2.45) is 0 Å². The average molecular weight is 232 g/mol. The highest BCUT2D eigenvalue weighted by molar-refractivity contribution is 5.94. The van der Waals surface area contributed by atoms with Crippen LogP contribution in [-0.2, 0) is 15.0 Å². The molecule has 1 aliphatic carbocycles. The number of benzene rings is 1. The Morgan fingerprint density at radius 3 is 2.53 bits per heavy atom. The van der Waals surface area contributed by atoms with E-state index in [-0.39, 0.29) is 12.2 Å². The van der Waals surface area contributed by atoms with Crippen molar-refractivity contribution in [1.82, 2.24) is 0 Å². The first-order valence-corrected chi connectivity index (χ1v) is 5.96. The first-order valence-electron chi connectivity index (χ1n) is 5.96. The number of carbonyl (C=O) groups is 2. The van der Waals surface area contributed by atoms with Gasteiger partial charge in [0.25, 0.3) is 0 Å². The number of Topliss-reactive ketones (excluding diaryl/α,β-unsaturated/α-hetero) is 1. The molecule has 0 bridgehead atoms. The van der Waals surface area contributed by atoms with Gasteiger partial charge in [0.05, 0.1) is 11.8 Å². The van der Waals surface area contributed by atoms with E-state index in [1.54, 1.807) is 0 Å². The van der Waals surface area contributed by atoms with Gasteiger partial charge in [-0.3, -0.25) is 9.59 Å². The van der Waals surface area contributed by atoms with Gasteiger partial charge >= 0.3 is 5.97 Å². The SMILES string of the molecule is O=C(O)CC1(c2ccccc2)CCCCC1=O. The quantitative estimate of drug-likeness (QED) is 0.871. The zero-order valence-corrected chi connectivity index (χ0v) is 9.69. The minimum atomic E-state index is -0.899. The van der Waals surface area contributed by atoms with Gasteiger partial charge in [0.1, 0.15) is 5.78 Å². The molecule has 1 aromatic carbocycles. The van der Waals surface area contributed by atoms with E-state index in [4.69, 9.17) is 5.11 Å². The molecular formula is C14H16O3. The van der Waals surface area contributed by atoms with E-state index in [1.807, 2.05) is 30.3 Å². The number of hydrogen-bond acceptors (Lipinski definition) is 2. The largest absolute Gasteiger partial charge is 0.481 e. The third-order valence-corrected chi connectivity index (χ3v) is 3.57. The van der Waals surface area contributed by atoms with E-state index in [0.717, 1.165) is 18.4 Å². The predicted molar refractivity (Wildman–Crippen MR) is 63.8 cm³/mol. The van der Waals surface area contributed by atoms with Crippen LogP contribution >= 0.6 is 0 Å². The van der Waals surface area contributed by atoms with E-state index in [0.29, 0.717) is 12.8 Å². The molecule has 0 amide bonds. The lowest BCUT2D eigenvalue weighted by Gasteiger charge is -2.35. The average Bonchev–Trinajstić information content (AvgIpc) is 2.33. The molecule has 1 saturated carbocycles. The highest BCUT2D eigenvalue weighted by Gasteiger charge is 2.42. The van der Waals surface area contributed by atoms with Gasteiger partial charge in [0, 0.05) is 6.42 Å². The van der Waals surface area contributed by atoms with Gasteiger partial charge in [0.15, 0.2) is 0 Å².